The van der Waals surface area contributed by atoms with Crippen LogP contribution in [0.1, 0.15) is 59.1 Å². The molecule has 1 N–H and O–H groups in total. The molecule has 2 atom stereocenters. The smallest absolute Gasteiger partial charge is 0.235 e. The Labute approximate surface area is 143 Å². The Morgan fingerprint density at radius 2 is 1.70 bits per heavy atom. The van der Waals surface area contributed by atoms with Gasteiger partial charge in [-0.05, 0) is 35.8 Å². The average molecular weight is 338 g/mol. The summed E-state index contributed by atoms with van der Waals surface area (Å²) in [6.45, 7) is 13.1. The van der Waals surface area contributed by atoms with Crippen molar-refractivity contribution < 1.29 is 9.00 Å². The van der Waals surface area contributed by atoms with E-state index in [0.29, 0.717) is 18.2 Å². The molecule has 0 aliphatic heterocycles. The highest BCUT2D eigenvalue weighted by Gasteiger charge is 2.20. The third-order valence-electron chi connectivity index (χ3n) is 3.91. The Kier molecular flexibility index (Phi) is 7.46. The van der Waals surface area contributed by atoms with Gasteiger partial charge < -0.3 is 5.32 Å². The Morgan fingerprint density at radius 1 is 1.13 bits per heavy atom. The molecule has 0 spiro atoms. The topological polar surface area (TPSA) is 46.2 Å². The van der Waals surface area contributed by atoms with E-state index >= 15 is 0 Å². The van der Waals surface area contributed by atoms with E-state index in [1.165, 1.54) is 5.56 Å². The fourth-order valence-corrected chi connectivity index (χ4v) is 3.23. The monoisotopic (exact) mass is 337 g/mol. The Morgan fingerprint density at radius 3 is 2.17 bits per heavy atom. The van der Waals surface area contributed by atoms with E-state index in [2.05, 4.69) is 52.1 Å². The van der Waals surface area contributed by atoms with Crippen molar-refractivity contribution in [3.8, 4) is 0 Å². The number of carbonyl (C=O) groups excluding carboxylic acids is 1. The number of nitrogens with one attached hydrogen (secondary N) is 1. The zero-order chi connectivity index (χ0) is 17.6. The summed E-state index contributed by atoms with van der Waals surface area (Å²) >= 11 is 0. The molecule has 4 heteroatoms. The second kappa shape index (κ2) is 8.62. The molecule has 130 valence electrons. The molecule has 1 amide bonds. The predicted molar refractivity (Wildman–Crippen MR) is 98.9 cm³/mol. The van der Waals surface area contributed by atoms with Gasteiger partial charge in [-0.3, -0.25) is 9.00 Å². The highest BCUT2D eigenvalue weighted by Crippen LogP contribution is 2.22. The van der Waals surface area contributed by atoms with Gasteiger partial charge in [0.25, 0.3) is 0 Å². The predicted octanol–water partition coefficient (Wildman–Crippen LogP) is 3.78. The minimum absolute atomic E-state index is 0.112. The fourth-order valence-electron chi connectivity index (χ4n) is 2.14. The molecule has 1 aromatic carbocycles. The third kappa shape index (κ3) is 6.86. The molecule has 0 bridgehead atoms. The maximum atomic E-state index is 12.4. The molecule has 0 aliphatic carbocycles. The zero-order valence-electron chi connectivity index (χ0n) is 15.3. The van der Waals surface area contributed by atoms with Gasteiger partial charge in [0.05, 0.1) is 0 Å². The second-order valence-electron chi connectivity index (χ2n) is 7.59. The van der Waals surface area contributed by atoms with Crippen LogP contribution in [0, 0.1) is 5.92 Å². The van der Waals surface area contributed by atoms with Crippen molar-refractivity contribution in [1.82, 2.24) is 5.32 Å². The minimum atomic E-state index is -1.20. The van der Waals surface area contributed by atoms with Crippen LogP contribution in [0.5, 0.6) is 0 Å². The SMILES string of the molecule is CC(C)CCNC(=O)C(C)S(=O)Cc1ccc(C(C)(C)C)cc1. The first-order valence-corrected chi connectivity index (χ1v) is 9.73. The first-order chi connectivity index (χ1) is 10.6. The second-order valence-corrected chi connectivity index (χ2v) is 9.35. The molecule has 0 aromatic heterocycles. The number of rotatable bonds is 7. The lowest BCUT2D eigenvalue weighted by molar-refractivity contribution is -0.120. The molecule has 23 heavy (non-hydrogen) atoms. The van der Waals surface area contributed by atoms with Gasteiger partial charge in [-0.1, -0.05) is 58.9 Å². The Bertz CT molecular complexity index is 529. The van der Waals surface area contributed by atoms with Crippen LogP contribution in [0.25, 0.3) is 0 Å². The fraction of sp³-hybridized carbons (Fsp3) is 0.632. The quantitative estimate of drug-likeness (QED) is 0.823. The summed E-state index contributed by atoms with van der Waals surface area (Å²) in [6.07, 6.45) is 0.944. The number of carbonyl (C=O) groups is 1. The summed E-state index contributed by atoms with van der Waals surface area (Å²) in [7, 11) is -1.20. The van der Waals surface area contributed by atoms with Crippen molar-refractivity contribution in [2.24, 2.45) is 5.92 Å². The van der Waals surface area contributed by atoms with Crippen LogP contribution in [0.3, 0.4) is 0 Å². The van der Waals surface area contributed by atoms with Gasteiger partial charge in [0.2, 0.25) is 5.91 Å². The molecule has 0 fully saturated rings. The van der Waals surface area contributed by atoms with Gasteiger partial charge in [-0.2, -0.15) is 0 Å². The van der Waals surface area contributed by atoms with Crippen LogP contribution in [0.4, 0.5) is 0 Å². The largest absolute Gasteiger partial charge is 0.355 e. The lowest BCUT2D eigenvalue weighted by atomic mass is 9.87. The normalized spacial score (nSPS) is 14.6. The van der Waals surface area contributed by atoms with Crippen molar-refractivity contribution in [1.29, 1.82) is 0 Å². The molecule has 0 radical (unpaired) electrons. The van der Waals surface area contributed by atoms with Gasteiger partial charge >= 0.3 is 0 Å². The molecule has 0 saturated heterocycles. The van der Waals surface area contributed by atoms with E-state index in [9.17, 15) is 9.00 Å². The van der Waals surface area contributed by atoms with Crippen molar-refractivity contribution in [2.75, 3.05) is 6.54 Å². The molecule has 0 aliphatic rings. The van der Waals surface area contributed by atoms with Gasteiger partial charge in [-0.25, -0.2) is 0 Å². The van der Waals surface area contributed by atoms with Crippen LogP contribution in [0.2, 0.25) is 0 Å². The summed E-state index contributed by atoms with van der Waals surface area (Å²) in [6, 6.07) is 8.20. The van der Waals surface area contributed by atoms with E-state index in [4.69, 9.17) is 0 Å². The summed E-state index contributed by atoms with van der Waals surface area (Å²) in [4.78, 5) is 12.0. The summed E-state index contributed by atoms with van der Waals surface area (Å²) < 4.78 is 12.4. The van der Waals surface area contributed by atoms with Gasteiger partial charge in [0, 0.05) is 23.1 Å². The average Bonchev–Trinajstić information content (AvgIpc) is 2.45. The highest BCUT2D eigenvalue weighted by atomic mass is 32.2. The molecule has 2 unspecified atom stereocenters. The number of hydrogen-bond donors (Lipinski definition) is 1. The van der Waals surface area contributed by atoms with E-state index in [0.717, 1.165) is 12.0 Å². The Balaban J connectivity index is 2.56. The maximum absolute atomic E-state index is 12.4. The van der Waals surface area contributed by atoms with Crippen LogP contribution >= 0.6 is 0 Å². The Hall–Kier alpha value is -1.16. The van der Waals surface area contributed by atoms with E-state index in [-0.39, 0.29) is 11.3 Å². The van der Waals surface area contributed by atoms with Crippen LogP contribution in [-0.4, -0.2) is 21.9 Å². The van der Waals surface area contributed by atoms with E-state index < -0.39 is 16.0 Å². The van der Waals surface area contributed by atoms with Crippen LogP contribution in [-0.2, 0) is 26.8 Å². The van der Waals surface area contributed by atoms with Gasteiger partial charge in [0.1, 0.15) is 5.25 Å². The van der Waals surface area contributed by atoms with Crippen molar-refractivity contribution in [2.45, 2.75) is 64.4 Å². The number of amides is 1. The van der Waals surface area contributed by atoms with Crippen molar-refractivity contribution in [3.63, 3.8) is 0 Å². The first-order valence-electron chi connectivity index (χ1n) is 8.35. The summed E-state index contributed by atoms with van der Waals surface area (Å²) in [5.41, 5.74) is 2.38. The van der Waals surface area contributed by atoms with Crippen LogP contribution in [0.15, 0.2) is 24.3 Å². The lowest BCUT2D eigenvalue weighted by Crippen LogP contribution is -2.36. The van der Waals surface area contributed by atoms with Crippen LogP contribution < -0.4 is 5.32 Å². The summed E-state index contributed by atoms with van der Waals surface area (Å²) in [5.74, 6) is 0.858. The van der Waals surface area contributed by atoms with Gasteiger partial charge in [-0.15, -0.1) is 0 Å². The lowest BCUT2D eigenvalue weighted by Gasteiger charge is -2.19. The van der Waals surface area contributed by atoms with Gasteiger partial charge in [0.15, 0.2) is 0 Å². The van der Waals surface area contributed by atoms with Crippen molar-refractivity contribution >= 4 is 16.7 Å². The maximum Gasteiger partial charge on any atom is 0.235 e. The molecule has 0 saturated carbocycles. The zero-order valence-corrected chi connectivity index (χ0v) is 16.1. The summed E-state index contributed by atoms with van der Waals surface area (Å²) in [5, 5.41) is 2.40. The first kappa shape index (κ1) is 19.9. The number of hydrogen-bond acceptors (Lipinski definition) is 2. The molecule has 3 nitrogen and oxygen atoms in total. The van der Waals surface area contributed by atoms with Crippen molar-refractivity contribution in [3.05, 3.63) is 35.4 Å². The van der Waals surface area contributed by atoms with E-state index in [1.54, 1.807) is 6.92 Å². The minimum Gasteiger partial charge on any atom is -0.355 e. The molecule has 1 rings (SSSR count). The highest BCUT2D eigenvalue weighted by molar-refractivity contribution is 7.85. The number of benzene rings is 1. The molecular weight excluding hydrogens is 306 g/mol. The third-order valence-corrected chi connectivity index (χ3v) is 5.53. The molecule has 1 aromatic rings. The van der Waals surface area contributed by atoms with E-state index in [1.807, 2.05) is 12.1 Å². The molecule has 0 heterocycles. The molecular formula is C19H31NO2S. The standard InChI is InChI=1S/C19H31NO2S/c1-14(2)11-12-20-18(21)15(3)23(22)13-16-7-9-17(10-8-16)19(4,5)6/h7-10,14-15H,11-13H2,1-6H3,(H,20,21).